The third kappa shape index (κ3) is 5.02. The minimum Gasteiger partial charge on any atom is -0.497 e. The van der Waals surface area contributed by atoms with Crippen molar-refractivity contribution in [3.63, 3.8) is 0 Å². The lowest BCUT2D eigenvalue weighted by Gasteiger charge is -2.16. The van der Waals surface area contributed by atoms with Crippen LogP contribution in [0.1, 0.15) is 5.56 Å². The van der Waals surface area contributed by atoms with Gasteiger partial charge in [0.05, 0.1) is 17.5 Å². The van der Waals surface area contributed by atoms with Crippen LogP contribution >= 0.6 is 23.2 Å². The lowest BCUT2D eigenvalue weighted by Crippen LogP contribution is -2.33. The van der Waals surface area contributed by atoms with Crippen LogP contribution in [-0.4, -0.2) is 44.4 Å². The Morgan fingerprint density at radius 2 is 1.80 bits per heavy atom. The van der Waals surface area contributed by atoms with Crippen molar-refractivity contribution in [3.05, 3.63) is 64.3 Å². The molecule has 1 aromatic heterocycles. The summed E-state index contributed by atoms with van der Waals surface area (Å²) in [4.78, 5) is 16.5. The van der Waals surface area contributed by atoms with Crippen molar-refractivity contribution in [2.75, 3.05) is 20.7 Å². The maximum atomic E-state index is 12.5. The summed E-state index contributed by atoms with van der Waals surface area (Å²) < 4.78 is 36.4. The molecular formula is C20H18Cl2N2O5S. The van der Waals surface area contributed by atoms with Gasteiger partial charge in [0.1, 0.15) is 24.1 Å². The molecule has 30 heavy (non-hydrogen) atoms. The first-order chi connectivity index (χ1) is 14.2. The zero-order valence-electron chi connectivity index (χ0n) is 16.1. The molecule has 0 unspecified atom stereocenters. The third-order valence-corrected chi connectivity index (χ3v) is 6.71. The van der Waals surface area contributed by atoms with Gasteiger partial charge in [-0.1, -0.05) is 23.2 Å². The predicted octanol–water partition coefficient (Wildman–Crippen LogP) is 3.91. The van der Waals surface area contributed by atoms with Crippen molar-refractivity contribution in [2.24, 2.45) is 0 Å². The highest BCUT2D eigenvalue weighted by molar-refractivity contribution is 7.89. The van der Waals surface area contributed by atoms with Gasteiger partial charge < -0.3 is 9.47 Å². The summed E-state index contributed by atoms with van der Waals surface area (Å²) in [6.45, 7) is -0.595. The first-order valence-electron chi connectivity index (χ1n) is 8.71. The molecule has 0 aliphatic rings. The molecule has 2 aromatic carbocycles. The number of carbonyl (C=O) groups is 1. The van der Waals surface area contributed by atoms with Crippen molar-refractivity contribution in [2.45, 2.75) is 11.5 Å². The highest BCUT2D eigenvalue weighted by Gasteiger charge is 2.23. The summed E-state index contributed by atoms with van der Waals surface area (Å²) in [7, 11) is -1.00. The van der Waals surface area contributed by atoms with Crippen LogP contribution in [0.4, 0.5) is 0 Å². The number of fused-ring (bicyclic) bond motifs is 1. The van der Waals surface area contributed by atoms with Crippen molar-refractivity contribution >= 4 is 50.1 Å². The number of esters is 1. The van der Waals surface area contributed by atoms with Gasteiger partial charge in [-0.15, -0.1) is 0 Å². The molecule has 0 radical (unpaired) electrons. The van der Waals surface area contributed by atoms with Crippen LogP contribution in [0.5, 0.6) is 5.75 Å². The monoisotopic (exact) mass is 468 g/mol. The Morgan fingerprint density at radius 1 is 1.10 bits per heavy atom. The van der Waals surface area contributed by atoms with Crippen molar-refractivity contribution < 1.29 is 22.7 Å². The minimum atomic E-state index is -3.85. The Morgan fingerprint density at radius 3 is 2.47 bits per heavy atom. The van der Waals surface area contributed by atoms with Crippen LogP contribution in [0.3, 0.4) is 0 Å². The predicted molar refractivity (Wildman–Crippen MR) is 114 cm³/mol. The van der Waals surface area contributed by atoms with E-state index in [1.807, 2.05) is 6.07 Å². The first-order valence-corrected chi connectivity index (χ1v) is 10.9. The van der Waals surface area contributed by atoms with E-state index < -0.39 is 22.5 Å². The number of ether oxygens (including phenoxy) is 2. The van der Waals surface area contributed by atoms with E-state index in [4.69, 9.17) is 32.7 Å². The number of rotatable bonds is 7. The number of sulfonamides is 1. The molecule has 0 fully saturated rings. The largest absolute Gasteiger partial charge is 0.497 e. The summed E-state index contributed by atoms with van der Waals surface area (Å²) in [5.74, 6) is -0.0730. The molecule has 158 valence electrons. The van der Waals surface area contributed by atoms with E-state index in [-0.39, 0.29) is 16.7 Å². The Hall–Kier alpha value is -2.39. The van der Waals surface area contributed by atoms with Gasteiger partial charge in [-0.2, -0.15) is 4.31 Å². The van der Waals surface area contributed by atoms with Gasteiger partial charge in [0.25, 0.3) is 0 Å². The normalized spacial score (nSPS) is 11.6. The molecule has 10 heteroatoms. The van der Waals surface area contributed by atoms with Crippen molar-refractivity contribution in [1.82, 2.24) is 9.29 Å². The molecule has 0 aliphatic carbocycles. The molecule has 0 atom stereocenters. The summed E-state index contributed by atoms with van der Waals surface area (Å²) in [5.41, 5.74) is 1.15. The molecule has 3 aromatic rings. The number of nitrogens with zero attached hydrogens (tertiary/aromatic N) is 2. The molecule has 7 nitrogen and oxygen atoms in total. The molecule has 0 saturated carbocycles. The number of hydrogen-bond donors (Lipinski definition) is 0. The number of methoxy groups -OCH3 is 1. The van der Waals surface area contributed by atoms with E-state index in [1.54, 1.807) is 25.3 Å². The fourth-order valence-electron chi connectivity index (χ4n) is 2.65. The van der Waals surface area contributed by atoms with Gasteiger partial charge in [0, 0.05) is 29.1 Å². The molecule has 3 rings (SSSR count). The quantitative estimate of drug-likeness (QED) is 0.385. The van der Waals surface area contributed by atoms with Crippen LogP contribution in [0.2, 0.25) is 10.2 Å². The number of pyridine rings is 1. The van der Waals surface area contributed by atoms with Gasteiger partial charge in [0.2, 0.25) is 10.0 Å². The maximum Gasteiger partial charge on any atom is 0.321 e. The molecule has 0 spiro atoms. The molecule has 1 heterocycles. The number of benzene rings is 2. The average Bonchev–Trinajstić information content (AvgIpc) is 2.72. The Bertz CT molecular complexity index is 1180. The number of hydrogen-bond acceptors (Lipinski definition) is 6. The van der Waals surface area contributed by atoms with Crippen molar-refractivity contribution in [1.29, 1.82) is 0 Å². The average molecular weight is 469 g/mol. The van der Waals surface area contributed by atoms with E-state index in [2.05, 4.69) is 4.98 Å². The van der Waals surface area contributed by atoms with Gasteiger partial charge >= 0.3 is 5.97 Å². The second-order valence-corrected chi connectivity index (χ2v) is 9.21. The SMILES string of the molecule is COc1ccc2cc(COC(=O)CN(C)S(=O)(=O)c3ccc(Cl)cc3)c(Cl)nc2c1. The summed E-state index contributed by atoms with van der Waals surface area (Å²) in [6, 6.07) is 12.8. The van der Waals surface area contributed by atoms with Gasteiger partial charge in [0.15, 0.2) is 0 Å². The first kappa shape index (κ1) is 22.3. The number of halogens is 2. The molecule has 0 N–H and O–H groups in total. The number of likely N-dealkylation sites (N-methyl/N-ethyl adjacent to an activating group) is 1. The van der Waals surface area contributed by atoms with Gasteiger partial charge in [-0.3, -0.25) is 4.79 Å². The molecule has 0 saturated heterocycles. The Kier molecular flexibility index (Phi) is 6.82. The lowest BCUT2D eigenvalue weighted by molar-refractivity contribution is -0.144. The zero-order chi connectivity index (χ0) is 21.9. The second-order valence-electron chi connectivity index (χ2n) is 6.37. The molecule has 0 aliphatic heterocycles. The van der Waals surface area contributed by atoms with E-state index >= 15 is 0 Å². The highest BCUT2D eigenvalue weighted by atomic mass is 35.5. The number of aromatic nitrogens is 1. The minimum absolute atomic E-state index is 0.0272. The van der Waals surface area contributed by atoms with Crippen LogP contribution in [0, 0.1) is 0 Å². The van der Waals surface area contributed by atoms with E-state index in [1.165, 1.54) is 31.3 Å². The van der Waals surface area contributed by atoms with E-state index in [0.717, 1.165) is 9.69 Å². The van der Waals surface area contributed by atoms with E-state index in [9.17, 15) is 13.2 Å². The van der Waals surface area contributed by atoms with Crippen LogP contribution in [-0.2, 0) is 26.2 Å². The molecular weight excluding hydrogens is 451 g/mol. The Balaban J connectivity index is 1.66. The third-order valence-electron chi connectivity index (χ3n) is 4.31. The Labute approximate surface area is 184 Å². The van der Waals surface area contributed by atoms with E-state index in [0.29, 0.717) is 21.9 Å². The molecule has 0 bridgehead atoms. The molecule has 0 amide bonds. The van der Waals surface area contributed by atoms with Crippen LogP contribution < -0.4 is 4.74 Å². The standard InChI is InChI=1S/C20H18Cl2N2O5S/c1-24(30(26,27)17-7-4-15(21)5-8-17)11-19(25)29-12-14-9-13-3-6-16(28-2)10-18(13)23-20(14)22/h3-10H,11-12H2,1-2H3. The zero-order valence-corrected chi connectivity index (χ0v) is 18.5. The lowest BCUT2D eigenvalue weighted by atomic mass is 10.1. The summed E-state index contributed by atoms with van der Waals surface area (Å²) >= 11 is 12.0. The smallest absolute Gasteiger partial charge is 0.321 e. The summed E-state index contributed by atoms with van der Waals surface area (Å²) in [6.07, 6.45) is 0. The van der Waals surface area contributed by atoms with Crippen molar-refractivity contribution in [3.8, 4) is 5.75 Å². The topological polar surface area (TPSA) is 85.8 Å². The van der Waals surface area contributed by atoms with Crippen LogP contribution in [0.15, 0.2) is 53.4 Å². The maximum absolute atomic E-state index is 12.5. The van der Waals surface area contributed by atoms with Gasteiger partial charge in [-0.25, -0.2) is 13.4 Å². The fraction of sp³-hybridized carbons (Fsp3) is 0.200. The fourth-order valence-corrected chi connectivity index (χ4v) is 4.09. The second kappa shape index (κ2) is 9.18. The number of carbonyl (C=O) groups excluding carboxylic acids is 1. The highest BCUT2D eigenvalue weighted by Crippen LogP contribution is 2.25. The summed E-state index contributed by atoms with van der Waals surface area (Å²) in [5, 5.41) is 1.40. The van der Waals surface area contributed by atoms with Gasteiger partial charge in [-0.05, 0) is 42.5 Å². The van der Waals surface area contributed by atoms with Crippen LogP contribution in [0.25, 0.3) is 10.9 Å².